The van der Waals surface area contributed by atoms with E-state index in [0.717, 1.165) is 95.5 Å². The summed E-state index contributed by atoms with van der Waals surface area (Å²) in [6.07, 6.45) is 0. The van der Waals surface area contributed by atoms with Crippen LogP contribution in [0.5, 0.6) is 0 Å². The van der Waals surface area contributed by atoms with Gasteiger partial charge in [0.1, 0.15) is 0 Å². The number of halogens is 1. The molecule has 0 N–H and O–H groups in total. The molecule has 486 valence electrons. The van der Waals surface area contributed by atoms with Gasteiger partial charge < -0.3 is 9.31 Å². The van der Waals surface area contributed by atoms with Crippen molar-refractivity contribution < 1.29 is 9.31 Å². The fourth-order valence-electron chi connectivity index (χ4n) is 14.5. The molecular weight excluding hydrogens is 1310 g/mol. The SMILES string of the molecule is Brc1ccc2c3c(cccc13)-c1ccccc1-2.CC1(C)OB(c2ccc(-c3nc(-c4ccccc4)c(-c4ccccc4)nc3-c3ccccc3)cc2)OC1(C)C.c1ccc(-c2nc(-c3ccccc3)c(-c3ccc(-c4ccc5c6c(cccc46)-c4ccccc4-5)cc3)nc2-c2ccccc2)cc1. The van der Waals surface area contributed by atoms with Crippen LogP contribution < -0.4 is 5.46 Å². The highest BCUT2D eigenvalue weighted by atomic mass is 79.9. The van der Waals surface area contributed by atoms with Crippen LogP contribution in [0.1, 0.15) is 27.7 Å². The van der Waals surface area contributed by atoms with Crippen LogP contribution in [0.25, 0.3) is 167 Å². The molecule has 0 unspecified atom stereocenters. The summed E-state index contributed by atoms with van der Waals surface area (Å²) in [5, 5.41) is 5.30. The first-order valence-electron chi connectivity index (χ1n) is 34.7. The Balaban J connectivity index is 0.000000124. The van der Waals surface area contributed by atoms with Crippen molar-refractivity contribution in [2.45, 2.75) is 38.9 Å². The quantitative estimate of drug-likeness (QED) is 0.127. The van der Waals surface area contributed by atoms with Gasteiger partial charge in [-0.1, -0.05) is 350 Å². The van der Waals surface area contributed by atoms with Crippen molar-refractivity contribution in [3.63, 3.8) is 0 Å². The van der Waals surface area contributed by atoms with Crippen LogP contribution in [-0.2, 0) is 9.31 Å². The van der Waals surface area contributed by atoms with E-state index in [0.29, 0.717) is 0 Å². The molecule has 2 aromatic heterocycles. The van der Waals surface area contributed by atoms with E-state index < -0.39 is 7.12 Å². The Morgan fingerprint density at radius 1 is 0.225 bits per heavy atom. The maximum absolute atomic E-state index is 6.28. The second-order valence-electron chi connectivity index (χ2n) is 27.0. The monoisotopic (exact) mass is 1370 g/mol. The molecule has 0 amide bonds. The Hall–Kier alpha value is -11.8. The van der Waals surface area contributed by atoms with Crippen LogP contribution in [0.2, 0.25) is 0 Å². The van der Waals surface area contributed by atoms with Gasteiger partial charge in [0.05, 0.1) is 56.8 Å². The van der Waals surface area contributed by atoms with Crippen molar-refractivity contribution in [3.8, 4) is 146 Å². The van der Waals surface area contributed by atoms with Crippen LogP contribution in [0.15, 0.2) is 344 Å². The normalized spacial score (nSPS) is 13.2. The number of nitrogens with zero attached hydrogens (tertiary/aromatic N) is 4. The van der Waals surface area contributed by atoms with Gasteiger partial charge in [0, 0.05) is 49.0 Å². The molecule has 0 saturated carbocycles. The van der Waals surface area contributed by atoms with Crippen molar-refractivity contribution in [3.05, 3.63) is 344 Å². The summed E-state index contributed by atoms with van der Waals surface area (Å²) in [5.41, 5.74) is 28.4. The van der Waals surface area contributed by atoms with Crippen LogP contribution >= 0.6 is 15.9 Å². The molecule has 102 heavy (non-hydrogen) atoms. The Morgan fingerprint density at radius 3 is 0.814 bits per heavy atom. The average molecular weight is 1380 g/mol. The fourth-order valence-corrected chi connectivity index (χ4v) is 14.9. The van der Waals surface area contributed by atoms with Crippen molar-refractivity contribution >= 4 is 50.1 Å². The second-order valence-corrected chi connectivity index (χ2v) is 27.9. The van der Waals surface area contributed by atoms with Gasteiger partial charge in [-0.2, -0.15) is 0 Å². The summed E-state index contributed by atoms with van der Waals surface area (Å²) >= 11 is 3.64. The van der Waals surface area contributed by atoms with Crippen LogP contribution in [0.3, 0.4) is 0 Å². The summed E-state index contributed by atoms with van der Waals surface area (Å²) in [6.45, 7) is 8.29. The molecule has 1 fully saturated rings. The number of hydrogen-bond acceptors (Lipinski definition) is 6. The van der Waals surface area contributed by atoms with Crippen molar-refractivity contribution in [1.29, 1.82) is 0 Å². The molecule has 6 nitrogen and oxygen atoms in total. The van der Waals surface area contributed by atoms with Gasteiger partial charge >= 0.3 is 7.12 Å². The molecule has 3 aliphatic rings. The summed E-state index contributed by atoms with van der Waals surface area (Å²) in [4.78, 5) is 21.4. The van der Waals surface area contributed by atoms with Crippen molar-refractivity contribution in [1.82, 2.24) is 19.9 Å². The zero-order chi connectivity index (χ0) is 68.9. The van der Waals surface area contributed by atoms with Gasteiger partial charge in [-0.25, -0.2) is 19.9 Å². The second kappa shape index (κ2) is 26.7. The minimum atomic E-state index is -0.413. The lowest BCUT2D eigenvalue weighted by molar-refractivity contribution is 0.00578. The van der Waals surface area contributed by atoms with Gasteiger partial charge in [0.2, 0.25) is 0 Å². The Morgan fingerprint density at radius 2 is 0.471 bits per heavy atom. The number of aromatic nitrogens is 4. The predicted octanol–water partition coefficient (Wildman–Crippen LogP) is 24.3. The Labute approximate surface area is 604 Å². The third-order valence-electron chi connectivity index (χ3n) is 20.3. The maximum atomic E-state index is 6.28. The number of benzene rings is 14. The van der Waals surface area contributed by atoms with Gasteiger partial charge in [-0.05, 0) is 116 Å². The van der Waals surface area contributed by atoms with Crippen LogP contribution in [-0.4, -0.2) is 38.3 Å². The lowest BCUT2D eigenvalue weighted by Crippen LogP contribution is -2.41. The largest absolute Gasteiger partial charge is 0.494 e. The first kappa shape index (κ1) is 63.7. The maximum Gasteiger partial charge on any atom is 0.494 e. The van der Waals surface area contributed by atoms with Gasteiger partial charge in [0.25, 0.3) is 0 Å². The molecule has 8 heteroatoms. The van der Waals surface area contributed by atoms with E-state index >= 15 is 0 Å². The summed E-state index contributed by atoms with van der Waals surface area (Å²) in [6, 6.07) is 119. The minimum Gasteiger partial charge on any atom is -0.399 e. The average Bonchev–Trinajstić information content (AvgIpc) is 1.55. The van der Waals surface area contributed by atoms with Crippen LogP contribution in [0.4, 0.5) is 0 Å². The third-order valence-corrected chi connectivity index (χ3v) is 21.0. The van der Waals surface area contributed by atoms with E-state index in [1.807, 2.05) is 72.8 Å². The zero-order valence-electron chi connectivity index (χ0n) is 56.9. The molecule has 0 radical (unpaired) electrons. The number of fused-ring (bicyclic) bond motifs is 6. The summed E-state index contributed by atoms with van der Waals surface area (Å²) in [5.74, 6) is 0. The Bertz CT molecular complexity index is 5730. The van der Waals surface area contributed by atoms with Crippen LogP contribution in [0, 0.1) is 0 Å². The highest BCUT2D eigenvalue weighted by molar-refractivity contribution is 9.10. The van der Waals surface area contributed by atoms with E-state index in [4.69, 9.17) is 29.2 Å². The lowest BCUT2D eigenvalue weighted by Gasteiger charge is -2.32. The molecule has 3 heterocycles. The molecule has 0 atom stereocenters. The minimum absolute atomic E-state index is 0.389. The highest BCUT2D eigenvalue weighted by Crippen LogP contribution is 2.51. The molecule has 14 aromatic carbocycles. The first-order chi connectivity index (χ1) is 50.0. The van der Waals surface area contributed by atoms with E-state index in [2.05, 4.69) is 311 Å². The molecule has 19 rings (SSSR count). The molecule has 2 aliphatic carbocycles. The smallest absolute Gasteiger partial charge is 0.399 e. The molecule has 0 spiro atoms. The fraction of sp³-hybridized carbons (Fsp3) is 0.0638. The standard InChI is InChI=1S/C44H28N2.C34H31BN2O2.C16H9Br/c1-4-13-30(14-5-1)41-42(31-15-6-2-7-16-31)46-44(43(45-41)32-17-8-3-9-18-32)33-25-23-29(24-26-33)34-27-28-39-36-20-11-10-19-35(36)38-22-12-21-37(34)40(38)39;1-33(2)34(3,4)39-35(38-33)28-22-20-27(21-23-28)32-31(26-18-12-7-13-19-26)36-29(24-14-8-5-9-15-24)30(37-32)25-16-10-6-11-17-25;17-15-9-8-13-11-5-2-1-4-10(11)12-6-3-7-14(15)16(12)13/h1-28H;5-23H,1-4H3;1-9H. The summed E-state index contributed by atoms with van der Waals surface area (Å²) in [7, 11) is -0.413. The molecule has 1 aliphatic heterocycles. The van der Waals surface area contributed by atoms with Gasteiger partial charge in [-0.15, -0.1) is 0 Å². The Kier molecular flexibility index (Phi) is 16.7. The molecule has 16 aromatic rings. The number of hydrogen-bond donors (Lipinski definition) is 0. The third kappa shape index (κ3) is 11.7. The molecule has 0 bridgehead atoms. The van der Waals surface area contributed by atoms with Crippen molar-refractivity contribution in [2.24, 2.45) is 0 Å². The van der Waals surface area contributed by atoms with E-state index in [1.54, 1.807) is 0 Å². The molecular formula is C94H68BBrN4O2. The van der Waals surface area contributed by atoms with E-state index in [-0.39, 0.29) is 11.2 Å². The molecule has 1 saturated heterocycles. The van der Waals surface area contributed by atoms with Gasteiger partial charge in [-0.3, -0.25) is 0 Å². The summed E-state index contributed by atoms with van der Waals surface area (Å²) < 4.78 is 13.7. The highest BCUT2D eigenvalue weighted by Gasteiger charge is 2.51. The zero-order valence-corrected chi connectivity index (χ0v) is 58.5. The van der Waals surface area contributed by atoms with E-state index in [9.17, 15) is 0 Å². The lowest BCUT2D eigenvalue weighted by atomic mass is 9.78. The van der Waals surface area contributed by atoms with Crippen molar-refractivity contribution in [2.75, 3.05) is 0 Å². The topological polar surface area (TPSA) is 70.0 Å². The van der Waals surface area contributed by atoms with E-state index in [1.165, 1.54) is 81.7 Å². The van der Waals surface area contributed by atoms with Gasteiger partial charge in [0.15, 0.2) is 0 Å². The first-order valence-corrected chi connectivity index (χ1v) is 35.5. The number of rotatable bonds is 10. The predicted molar refractivity (Wildman–Crippen MR) is 427 cm³/mol.